The van der Waals surface area contributed by atoms with Gasteiger partial charge in [0.25, 0.3) is 0 Å². The summed E-state index contributed by atoms with van der Waals surface area (Å²) in [6, 6.07) is 7.03. The third-order valence-corrected chi connectivity index (χ3v) is 4.12. The zero-order valence-corrected chi connectivity index (χ0v) is 12.5. The summed E-state index contributed by atoms with van der Waals surface area (Å²) in [6.45, 7) is 2.74. The minimum Gasteiger partial charge on any atom is -0.350 e. The van der Waals surface area contributed by atoms with Crippen LogP contribution in [0.25, 0.3) is 0 Å². The van der Waals surface area contributed by atoms with E-state index in [4.69, 9.17) is 21.1 Å². The first kappa shape index (κ1) is 14.6. The molecule has 114 valence electrons. The lowest BCUT2D eigenvalue weighted by Crippen LogP contribution is -2.45. The molecule has 0 aliphatic carbocycles. The number of amides is 2. The van der Waals surface area contributed by atoms with Gasteiger partial charge in [0.2, 0.25) is 0 Å². The number of nitrogens with zero attached hydrogens (tertiary/aromatic N) is 1. The van der Waals surface area contributed by atoms with Gasteiger partial charge in [0.1, 0.15) is 0 Å². The molecule has 2 aliphatic rings. The van der Waals surface area contributed by atoms with Crippen molar-refractivity contribution >= 4 is 23.3 Å². The van der Waals surface area contributed by atoms with Gasteiger partial charge in [0, 0.05) is 29.7 Å². The van der Waals surface area contributed by atoms with Crippen molar-refractivity contribution in [2.24, 2.45) is 5.92 Å². The van der Waals surface area contributed by atoms with Crippen molar-refractivity contribution in [3.8, 4) is 0 Å². The van der Waals surface area contributed by atoms with Crippen LogP contribution in [-0.2, 0) is 9.47 Å². The number of nitrogens with one attached hydrogen (secondary N) is 1. The van der Waals surface area contributed by atoms with Gasteiger partial charge >= 0.3 is 6.03 Å². The van der Waals surface area contributed by atoms with E-state index in [0.717, 1.165) is 25.1 Å². The molecule has 2 aliphatic heterocycles. The molecule has 0 radical (unpaired) electrons. The molecule has 5 nitrogen and oxygen atoms in total. The molecule has 21 heavy (non-hydrogen) atoms. The Kier molecular flexibility index (Phi) is 4.63. The lowest BCUT2D eigenvalue weighted by Gasteiger charge is -2.34. The van der Waals surface area contributed by atoms with Crippen LogP contribution in [0.1, 0.15) is 12.8 Å². The van der Waals surface area contributed by atoms with Crippen LogP contribution in [0.15, 0.2) is 24.3 Å². The summed E-state index contributed by atoms with van der Waals surface area (Å²) in [5.74, 6) is 0.261. The van der Waals surface area contributed by atoms with Crippen LogP contribution in [0.5, 0.6) is 0 Å². The van der Waals surface area contributed by atoms with Crippen molar-refractivity contribution in [3.05, 3.63) is 29.3 Å². The molecule has 3 rings (SSSR count). The van der Waals surface area contributed by atoms with Gasteiger partial charge in [0.15, 0.2) is 6.29 Å². The summed E-state index contributed by atoms with van der Waals surface area (Å²) in [5.41, 5.74) is 0.750. The Bertz CT molecular complexity index is 488. The molecule has 1 aromatic carbocycles. The van der Waals surface area contributed by atoms with Gasteiger partial charge in [-0.1, -0.05) is 11.6 Å². The Morgan fingerprint density at radius 3 is 2.67 bits per heavy atom. The van der Waals surface area contributed by atoms with Gasteiger partial charge in [-0.2, -0.15) is 0 Å². The standard InChI is InChI=1S/C15H19ClN2O3/c16-12-3-5-13(6-4-12)17-15(19)18-7-1-2-11(10-18)14-20-8-9-21-14/h3-6,11,14H,1-2,7-10H2,(H,17,19). The van der Waals surface area contributed by atoms with Crippen LogP contribution in [0.4, 0.5) is 10.5 Å². The molecule has 2 heterocycles. The molecule has 0 bridgehead atoms. The summed E-state index contributed by atoms with van der Waals surface area (Å²) >= 11 is 5.84. The first-order valence-corrected chi connectivity index (χ1v) is 7.65. The Labute approximate surface area is 129 Å². The van der Waals surface area contributed by atoms with Gasteiger partial charge in [0.05, 0.1) is 13.2 Å². The number of hydrogen-bond acceptors (Lipinski definition) is 3. The summed E-state index contributed by atoms with van der Waals surface area (Å²) in [7, 11) is 0. The zero-order valence-electron chi connectivity index (χ0n) is 11.8. The summed E-state index contributed by atoms with van der Waals surface area (Å²) in [4.78, 5) is 14.1. The number of halogens is 1. The average molecular weight is 311 g/mol. The number of rotatable bonds is 2. The molecule has 2 saturated heterocycles. The molecular formula is C15H19ClN2O3. The van der Waals surface area contributed by atoms with Gasteiger partial charge in [-0.3, -0.25) is 0 Å². The van der Waals surface area contributed by atoms with E-state index in [-0.39, 0.29) is 18.2 Å². The van der Waals surface area contributed by atoms with Crippen LogP contribution >= 0.6 is 11.6 Å². The van der Waals surface area contributed by atoms with Crippen molar-refractivity contribution in [3.63, 3.8) is 0 Å². The zero-order chi connectivity index (χ0) is 14.7. The smallest absolute Gasteiger partial charge is 0.321 e. The van der Waals surface area contributed by atoms with E-state index in [1.807, 2.05) is 4.90 Å². The van der Waals surface area contributed by atoms with Crippen LogP contribution in [0.3, 0.4) is 0 Å². The number of carbonyl (C=O) groups excluding carboxylic acids is 1. The van der Waals surface area contributed by atoms with Crippen molar-refractivity contribution < 1.29 is 14.3 Å². The maximum absolute atomic E-state index is 12.3. The molecule has 1 atom stereocenters. The topological polar surface area (TPSA) is 50.8 Å². The van der Waals surface area contributed by atoms with E-state index in [0.29, 0.717) is 24.8 Å². The highest BCUT2D eigenvalue weighted by Gasteiger charge is 2.32. The van der Waals surface area contributed by atoms with Crippen molar-refractivity contribution in [1.29, 1.82) is 0 Å². The van der Waals surface area contributed by atoms with E-state index in [2.05, 4.69) is 5.32 Å². The molecular weight excluding hydrogens is 292 g/mol. The Morgan fingerprint density at radius 2 is 1.95 bits per heavy atom. The first-order valence-electron chi connectivity index (χ1n) is 7.27. The maximum atomic E-state index is 12.3. The Balaban J connectivity index is 1.57. The van der Waals surface area contributed by atoms with Crippen LogP contribution in [0, 0.1) is 5.92 Å². The third-order valence-electron chi connectivity index (χ3n) is 3.87. The number of benzene rings is 1. The van der Waals surface area contributed by atoms with Crippen molar-refractivity contribution in [1.82, 2.24) is 4.90 Å². The second kappa shape index (κ2) is 6.64. The Morgan fingerprint density at radius 1 is 1.24 bits per heavy atom. The SMILES string of the molecule is O=C(Nc1ccc(Cl)cc1)N1CCCC(C2OCCO2)C1. The van der Waals surface area contributed by atoms with Gasteiger partial charge in [-0.15, -0.1) is 0 Å². The number of carbonyl (C=O) groups is 1. The van der Waals surface area contributed by atoms with Crippen molar-refractivity contribution in [2.45, 2.75) is 19.1 Å². The number of piperidine rings is 1. The van der Waals surface area contributed by atoms with E-state index in [9.17, 15) is 4.79 Å². The predicted molar refractivity (Wildman–Crippen MR) is 80.5 cm³/mol. The third kappa shape index (κ3) is 3.67. The molecule has 0 aromatic heterocycles. The molecule has 2 amide bonds. The highest BCUT2D eigenvalue weighted by atomic mass is 35.5. The average Bonchev–Trinajstić information content (AvgIpc) is 3.04. The van der Waals surface area contributed by atoms with E-state index < -0.39 is 0 Å². The first-order chi connectivity index (χ1) is 10.2. The highest BCUT2D eigenvalue weighted by molar-refractivity contribution is 6.30. The normalized spacial score (nSPS) is 23.3. The number of ether oxygens (including phenoxy) is 2. The molecule has 1 aromatic rings. The van der Waals surface area contributed by atoms with Crippen molar-refractivity contribution in [2.75, 3.05) is 31.6 Å². The van der Waals surface area contributed by atoms with E-state index >= 15 is 0 Å². The lowest BCUT2D eigenvalue weighted by atomic mass is 9.98. The predicted octanol–water partition coefficient (Wildman–Crippen LogP) is 2.96. The number of anilines is 1. The molecule has 1 N–H and O–H groups in total. The summed E-state index contributed by atoms with van der Waals surface area (Å²) in [5, 5.41) is 3.55. The maximum Gasteiger partial charge on any atom is 0.321 e. The van der Waals surface area contributed by atoms with Crippen LogP contribution in [-0.4, -0.2) is 43.5 Å². The number of likely N-dealkylation sites (tertiary alicyclic amines) is 1. The number of urea groups is 1. The molecule has 6 heteroatoms. The van der Waals surface area contributed by atoms with Gasteiger partial charge < -0.3 is 19.7 Å². The van der Waals surface area contributed by atoms with Crippen LogP contribution in [0.2, 0.25) is 5.02 Å². The minimum atomic E-state index is -0.156. The monoisotopic (exact) mass is 310 g/mol. The summed E-state index contributed by atoms with van der Waals surface area (Å²) in [6.07, 6.45) is 1.85. The fraction of sp³-hybridized carbons (Fsp3) is 0.533. The highest BCUT2D eigenvalue weighted by Crippen LogP contribution is 2.25. The van der Waals surface area contributed by atoms with Gasteiger partial charge in [-0.05, 0) is 37.1 Å². The van der Waals surface area contributed by atoms with Gasteiger partial charge in [-0.25, -0.2) is 4.79 Å². The number of hydrogen-bond donors (Lipinski definition) is 1. The largest absolute Gasteiger partial charge is 0.350 e. The second-order valence-electron chi connectivity index (χ2n) is 5.40. The fourth-order valence-electron chi connectivity index (χ4n) is 2.80. The minimum absolute atomic E-state index is 0.0833. The Hall–Kier alpha value is -1.30. The van der Waals surface area contributed by atoms with Crippen LogP contribution < -0.4 is 5.32 Å². The van der Waals surface area contributed by atoms with E-state index in [1.54, 1.807) is 24.3 Å². The second-order valence-corrected chi connectivity index (χ2v) is 5.83. The molecule has 2 fully saturated rings. The molecule has 0 spiro atoms. The molecule has 0 saturated carbocycles. The lowest BCUT2D eigenvalue weighted by molar-refractivity contribution is -0.0959. The quantitative estimate of drug-likeness (QED) is 0.913. The fourth-order valence-corrected chi connectivity index (χ4v) is 2.93. The molecule has 1 unspecified atom stereocenters. The summed E-state index contributed by atoms with van der Waals surface area (Å²) < 4.78 is 11.1. The van der Waals surface area contributed by atoms with E-state index in [1.165, 1.54) is 0 Å².